The summed E-state index contributed by atoms with van der Waals surface area (Å²) < 4.78 is 0. The van der Waals surface area contributed by atoms with Crippen molar-refractivity contribution in [2.45, 2.75) is 0 Å². The molecule has 0 aromatic carbocycles. The summed E-state index contributed by atoms with van der Waals surface area (Å²) in [6.07, 6.45) is 3.03. The Kier molecular flexibility index (Phi) is 3.98. The topological polar surface area (TPSA) is 86.1 Å². The van der Waals surface area contributed by atoms with E-state index in [2.05, 4.69) is 10.3 Å². The Bertz CT molecular complexity index is 424. The van der Waals surface area contributed by atoms with E-state index in [1.165, 1.54) is 18.1 Å². The highest BCUT2D eigenvalue weighted by molar-refractivity contribution is 6.40. The molecule has 0 saturated carbocycles. The highest BCUT2D eigenvalue weighted by Crippen LogP contribution is 2.08. The summed E-state index contributed by atoms with van der Waals surface area (Å²) in [6, 6.07) is 5.03. The van der Waals surface area contributed by atoms with Crippen LogP contribution in [0.25, 0.3) is 0 Å². The summed E-state index contributed by atoms with van der Waals surface area (Å²) in [7, 11) is 1.46. The van der Waals surface area contributed by atoms with E-state index in [0.717, 1.165) is 0 Å². The van der Waals surface area contributed by atoms with Crippen LogP contribution in [0, 0.1) is 11.3 Å². The molecule has 0 spiro atoms. The minimum Gasteiger partial charge on any atom is -0.335 e. The minimum atomic E-state index is -0.812. The van der Waals surface area contributed by atoms with Gasteiger partial charge in [-0.1, -0.05) is 0 Å². The van der Waals surface area contributed by atoms with E-state index in [4.69, 9.17) is 5.26 Å². The molecule has 0 bridgehead atoms. The number of aromatic nitrogens is 1. The van der Waals surface area contributed by atoms with Crippen LogP contribution in [0.4, 0.5) is 5.69 Å². The van der Waals surface area contributed by atoms with Crippen LogP contribution in [0.3, 0.4) is 0 Å². The normalized spacial score (nSPS) is 9.00. The van der Waals surface area contributed by atoms with Gasteiger partial charge in [0.1, 0.15) is 6.54 Å². The molecule has 6 nitrogen and oxygen atoms in total. The van der Waals surface area contributed by atoms with Crippen molar-refractivity contribution in [2.24, 2.45) is 0 Å². The zero-order valence-corrected chi connectivity index (χ0v) is 8.67. The molecular weight excluding hydrogens is 208 g/mol. The molecule has 0 atom stereocenters. The Morgan fingerprint density at radius 1 is 1.62 bits per heavy atom. The second-order valence-corrected chi connectivity index (χ2v) is 2.92. The molecule has 0 aliphatic rings. The zero-order chi connectivity index (χ0) is 12.0. The van der Waals surface area contributed by atoms with Crippen LogP contribution < -0.4 is 10.2 Å². The average Bonchev–Trinajstić information content (AvgIpc) is 2.35. The molecule has 1 heterocycles. The fourth-order valence-corrected chi connectivity index (χ4v) is 1.02. The number of carbonyl (C=O) groups excluding carboxylic acids is 2. The first-order chi connectivity index (χ1) is 7.66. The van der Waals surface area contributed by atoms with Crippen LogP contribution in [-0.2, 0) is 9.59 Å². The SMILES string of the molecule is CN(C(=O)C(=O)NCC#N)c1cccnc1. The predicted molar refractivity (Wildman–Crippen MR) is 56.3 cm³/mol. The van der Waals surface area contributed by atoms with Gasteiger partial charge >= 0.3 is 11.8 Å². The van der Waals surface area contributed by atoms with Crippen molar-refractivity contribution in [3.8, 4) is 6.07 Å². The van der Waals surface area contributed by atoms with Crippen LogP contribution in [0.2, 0.25) is 0 Å². The Balaban J connectivity index is 2.68. The van der Waals surface area contributed by atoms with Gasteiger partial charge in [0.15, 0.2) is 0 Å². The molecular formula is C10H10N4O2. The molecule has 0 unspecified atom stereocenters. The van der Waals surface area contributed by atoms with E-state index in [1.54, 1.807) is 24.4 Å². The summed E-state index contributed by atoms with van der Waals surface area (Å²) >= 11 is 0. The largest absolute Gasteiger partial charge is 0.335 e. The third-order valence-electron chi connectivity index (χ3n) is 1.86. The predicted octanol–water partition coefficient (Wildman–Crippen LogP) is -0.316. The maximum atomic E-state index is 11.5. The number of nitrogens with zero attached hydrogens (tertiary/aromatic N) is 3. The molecule has 1 N–H and O–H groups in total. The van der Waals surface area contributed by atoms with Crippen molar-refractivity contribution in [2.75, 3.05) is 18.5 Å². The lowest BCUT2D eigenvalue weighted by Gasteiger charge is -2.15. The van der Waals surface area contributed by atoms with E-state index in [0.29, 0.717) is 5.69 Å². The van der Waals surface area contributed by atoms with E-state index in [1.807, 2.05) is 0 Å². The van der Waals surface area contributed by atoms with E-state index in [-0.39, 0.29) is 6.54 Å². The summed E-state index contributed by atoms with van der Waals surface area (Å²) in [5, 5.41) is 10.4. The second-order valence-electron chi connectivity index (χ2n) is 2.92. The van der Waals surface area contributed by atoms with E-state index < -0.39 is 11.8 Å². The maximum absolute atomic E-state index is 11.5. The van der Waals surface area contributed by atoms with Gasteiger partial charge in [-0.15, -0.1) is 0 Å². The third kappa shape index (κ3) is 2.78. The quantitative estimate of drug-likeness (QED) is 0.544. The van der Waals surface area contributed by atoms with E-state index in [9.17, 15) is 9.59 Å². The number of nitrogens with one attached hydrogen (secondary N) is 1. The van der Waals surface area contributed by atoms with Gasteiger partial charge in [0.2, 0.25) is 0 Å². The maximum Gasteiger partial charge on any atom is 0.316 e. The average molecular weight is 218 g/mol. The van der Waals surface area contributed by atoms with Crippen LogP contribution in [0.15, 0.2) is 24.5 Å². The van der Waals surface area contributed by atoms with Crippen molar-refractivity contribution in [3.63, 3.8) is 0 Å². The van der Waals surface area contributed by atoms with Crippen LogP contribution in [0.5, 0.6) is 0 Å². The Morgan fingerprint density at radius 2 is 2.38 bits per heavy atom. The number of amides is 2. The lowest BCUT2D eigenvalue weighted by molar-refractivity contribution is -0.137. The minimum absolute atomic E-state index is 0.189. The molecule has 0 fully saturated rings. The van der Waals surface area contributed by atoms with Crippen LogP contribution in [0.1, 0.15) is 0 Å². The van der Waals surface area contributed by atoms with Crippen LogP contribution in [-0.4, -0.2) is 30.4 Å². The van der Waals surface area contributed by atoms with Gasteiger partial charge in [-0.25, -0.2) is 0 Å². The highest BCUT2D eigenvalue weighted by atomic mass is 16.2. The molecule has 1 aromatic heterocycles. The van der Waals surface area contributed by atoms with E-state index >= 15 is 0 Å². The molecule has 1 rings (SSSR count). The highest BCUT2D eigenvalue weighted by Gasteiger charge is 2.19. The number of nitriles is 1. The molecule has 0 aliphatic heterocycles. The number of anilines is 1. The first-order valence-corrected chi connectivity index (χ1v) is 4.49. The van der Waals surface area contributed by atoms with Gasteiger partial charge in [-0.2, -0.15) is 5.26 Å². The van der Waals surface area contributed by atoms with Crippen molar-refractivity contribution in [1.29, 1.82) is 5.26 Å². The van der Waals surface area contributed by atoms with Gasteiger partial charge in [0.25, 0.3) is 0 Å². The molecule has 2 amide bonds. The van der Waals surface area contributed by atoms with Crippen molar-refractivity contribution in [1.82, 2.24) is 10.3 Å². The zero-order valence-electron chi connectivity index (χ0n) is 8.67. The van der Waals surface area contributed by atoms with Gasteiger partial charge in [0.05, 0.1) is 18.0 Å². The Hall–Kier alpha value is -2.42. The number of likely N-dealkylation sites (N-methyl/N-ethyl adjacent to an activating group) is 1. The third-order valence-corrected chi connectivity index (χ3v) is 1.86. The fraction of sp³-hybridized carbons (Fsp3) is 0.200. The smallest absolute Gasteiger partial charge is 0.316 e. The van der Waals surface area contributed by atoms with Gasteiger partial charge in [0, 0.05) is 13.2 Å². The molecule has 16 heavy (non-hydrogen) atoms. The summed E-state index contributed by atoms with van der Waals surface area (Å²) in [5.74, 6) is -1.55. The fourth-order valence-electron chi connectivity index (χ4n) is 1.02. The molecule has 0 aliphatic carbocycles. The van der Waals surface area contributed by atoms with Gasteiger partial charge < -0.3 is 10.2 Å². The molecule has 1 aromatic rings. The Morgan fingerprint density at radius 3 is 2.94 bits per heavy atom. The lowest BCUT2D eigenvalue weighted by atomic mass is 10.3. The monoisotopic (exact) mass is 218 g/mol. The standard InChI is InChI=1S/C10H10N4O2/c1-14(8-3-2-5-12-7-8)10(16)9(15)13-6-4-11/h2-3,5,7H,6H2,1H3,(H,13,15). The summed E-state index contributed by atoms with van der Waals surface area (Å²) in [6.45, 7) is -0.189. The second kappa shape index (κ2) is 5.46. The molecule has 82 valence electrons. The number of carbonyl (C=O) groups is 2. The van der Waals surface area contributed by atoms with Gasteiger partial charge in [-0.05, 0) is 12.1 Å². The van der Waals surface area contributed by atoms with Gasteiger partial charge in [-0.3, -0.25) is 14.6 Å². The number of hydrogen-bond acceptors (Lipinski definition) is 4. The van der Waals surface area contributed by atoms with Crippen molar-refractivity contribution in [3.05, 3.63) is 24.5 Å². The van der Waals surface area contributed by atoms with Crippen molar-refractivity contribution >= 4 is 17.5 Å². The Labute approximate surface area is 92.5 Å². The molecule has 0 radical (unpaired) electrons. The molecule has 6 heteroatoms. The van der Waals surface area contributed by atoms with Crippen molar-refractivity contribution < 1.29 is 9.59 Å². The number of rotatable bonds is 2. The summed E-state index contributed by atoms with van der Waals surface area (Å²) in [5.41, 5.74) is 0.514. The first kappa shape index (κ1) is 11.7. The van der Waals surface area contributed by atoms with Crippen LogP contribution >= 0.6 is 0 Å². The lowest BCUT2D eigenvalue weighted by Crippen LogP contribution is -2.41. The molecule has 0 saturated heterocycles. The first-order valence-electron chi connectivity index (χ1n) is 4.49. The number of hydrogen-bond donors (Lipinski definition) is 1. The summed E-state index contributed by atoms with van der Waals surface area (Å²) in [4.78, 5) is 27.8. The number of pyridine rings is 1.